The molecule has 30 heavy (non-hydrogen) atoms. The lowest BCUT2D eigenvalue weighted by atomic mass is 10.2. The number of nitrogens with one attached hydrogen (secondary N) is 2. The van der Waals surface area contributed by atoms with Gasteiger partial charge in [-0.2, -0.15) is 0 Å². The number of hydrogen-bond acceptors (Lipinski definition) is 6. The van der Waals surface area contributed by atoms with Crippen LogP contribution in [0.3, 0.4) is 0 Å². The van der Waals surface area contributed by atoms with Crippen molar-refractivity contribution in [1.82, 2.24) is 0 Å². The van der Waals surface area contributed by atoms with E-state index in [4.69, 9.17) is 14.2 Å². The minimum Gasteiger partial charge on any atom is -0.494 e. The number of ether oxygens (including phenoxy) is 3. The molecule has 1 aliphatic heterocycles. The number of hydrogen-bond donors (Lipinski definition) is 2. The van der Waals surface area contributed by atoms with E-state index < -0.39 is 24.6 Å². The molecule has 0 aliphatic carbocycles. The summed E-state index contributed by atoms with van der Waals surface area (Å²) in [6.07, 6.45) is 0.844. The van der Waals surface area contributed by atoms with E-state index >= 15 is 0 Å². The second-order valence-corrected chi connectivity index (χ2v) is 6.65. The van der Waals surface area contributed by atoms with Crippen molar-refractivity contribution in [2.45, 2.75) is 25.9 Å². The lowest BCUT2D eigenvalue weighted by molar-refractivity contribution is -0.156. The normalized spacial score (nSPS) is 15.3. The van der Waals surface area contributed by atoms with Crippen LogP contribution in [0.25, 0.3) is 0 Å². The summed E-state index contributed by atoms with van der Waals surface area (Å²) >= 11 is 0. The molecular formula is C22H24N2O6. The first-order chi connectivity index (χ1) is 14.5. The standard InChI is InChI=1S/C22H24N2O6/c1-2-28-18-11-9-17(10-12-18)24-21(26)15-5-7-16(8-6-15)23-20(25)14-30-22(27)19-4-3-13-29-19/h5-12,19H,2-4,13-14H2,1H3,(H,23,25)(H,24,26)/t19-/m1/s1. The van der Waals surface area contributed by atoms with Gasteiger partial charge in [0.25, 0.3) is 11.8 Å². The van der Waals surface area contributed by atoms with Crippen LogP contribution in [0.1, 0.15) is 30.1 Å². The number of rotatable bonds is 8. The van der Waals surface area contributed by atoms with Crippen LogP contribution < -0.4 is 15.4 Å². The second kappa shape index (κ2) is 10.4. The predicted octanol–water partition coefficient (Wildman–Crippen LogP) is 3.00. The summed E-state index contributed by atoms with van der Waals surface area (Å²) in [5.41, 5.74) is 1.58. The maximum atomic E-state index is 12.4. The minimum absolute atomic E-state index is 0.275. The first-order valence-corrected chi connectivity index (χ1v) is 9.77. The van der Waals surface area contributed by atoms with Crippen LogP contribution in [-0.4, -0.2) is 43.7 Å². The van der Waals surface area contributed by atoms with Gasteiger partial charge >= 0.3 is 5.97 Å². The molecule has 0 radical (unpaired) electrons. The minimum atomic E-state index is -0.578. The first-order valence-electron chi connectivity index (χ1n) is 9.77. The number of carbonyl (C=O) groups excluding carboxylic acids is 3. The fourth-order valence-electron chi connectivity index (χ4n) is 2.90. The van der Waals surface area contributed by atoms with Crippen molar-refractivity contribution in [3.63, 3.8) is 0 Å². The van der Waals surface area contributed by atoms with E-state index in [9.17, 15) is 14.4 Å². The maximum absolute atomic E-state index is 12.4. The summed E-state index contributed by atoms with van der Waals surface area (Å²) in [6.45, 7) is 2.62. The predicted molar refractivity (Wildman–Crippen MR) is 111 cm³/mol. The van der Waals surface area contributed by atoms with Crippen LogP contribution in [0.4, 0.5) is 11.4 Å². The molecule has 0 bridgehead atoms. The van der Waals surface area contributed by atoms with Gasteiger partial charge in [0, 0.05) is 23.5 Å². The Morgan fingerprint density at radius 3 is 2.30 bits per heavy atom. The SMILES string of the molecule is CCOc1ccc(NC(=O)c2ccc(NC(=O)COC(=O)[C@H]3CCCO3)cc2)cc1. The molecule has 0 unspecified atom stereocenters. The number of amides is 2. The zero-order valence-electron chi connectivity index (χ0n) is 16.7. The topological polar surface area (TPSA) is 103 Å². The van der Waals surface area contributed by atoms with E-state index in [2.05, 4.69) is 10.6 Å². The third-order valence-corrected chi connectivity index (χ3v) is 4.39. The van der Waals surface area contributed by atoms with Gasteiger partial charge in [0.05, 0.1) is 6.61 Å². The number of benzene rings is 2. The number of esters is 1. The van der Waals surface area contributed by atoms with Crippen molar-refractivity contribution in [2.24, 2.45) is 0 Å². The number of anilines is 2. The Hall–Kier alpha value is -3.39. The largest absolute Gasteiger partial charge is 0.494 e. The molecule has 2 aromatic rings. The first kappa shape index (κ1) is 21.3. The van der Waals surface area contributed by atoms with Gasteiger partial charge in [0.2, 0.25) is 0 Å². The van der Waals surface area contributed by atoms with Gasteiger partial charge in [-0.1, -0.05) is 0 Å². The monoisotopic (exact) mass is 412 g/mol. The Bertz CT molecular complexity index is 874. The van der Waals surface area contributed by atoms with Crippen LogP contribution in [-0.2, 0) is 19.1 Å². The van der Waals surface area contributed by atoms with Gasteiger partial charge in [-0.3, -0.25) is 9.59 Å². The van der Waals surface area contributed by atoms with Gasteiger partial charge in [-0.25, -0.2) is 4.79 Å². The molecule has 0 spiro atoms. The van der Waals surface area contributed by atoms with Crippen molar-refractivity contribution in [1.29, 1.82) is 0 Å². The molecule has 2 amide bonds. The fraction of sp³-hybridized carbons (Fsp3) is 0.318. The third-order valence-electron chi connectivity index (χ3n) is 4.39. The van der Waals surface area contributed by atoms with Crippen molar-refractivity contribution in [2.75, 3.05) is 30.5 Å². The lowest BCUT2D eigenvalue weighted by Crippen LogP contribution is -2.27. The maximum Gasteiger partial charge on any atom is 0.335 e. The van der Waals surface area contributed by atoms with Crippen LogP contribution in [0.15, 0.2) is 48.5 Å². The highest BCUT2D eigenvalue weighted by Crippen LogP contribution is 2.17. The van der Waals surface area contributed by atoms with E-state index in [0.29, 0.717) is 36.6 Å². The molecular weight excluding hydrogens is 388 g/mol. The van der Waals surface area contributed by atoms with Crippen LogP contribution >= 0.6 is 0 Å². The molecule has 1 heterocycles. The molecule has 2 aromatic carbocycles. The van der Waals surface area contributed by atoms with Crippen LogP contribution in [0.2, 0.25) is 0 Å². The smallest absolute Gasteiger partial charge is 0.335 e. The van der Waals surface area contributed by atoms with Crippen LogP contribution in [0.5, 0.6) is 5.75 Å². The van der Waals surface area contributed by atoms with E-state index in [0.717, 1.165) is 12.2 Å². The highest BCUT2D eigenvalue weighted by Gasteiger charge is 2.25. The quantitative estimate of drug-likeness (QED) is 0.646. The summed E-state index contributed by atoms with van der Waals surface area (Å²) in [5.74, 6) is -0.531. The molecule has 8 heteroatoms. The molecule has 0 saturated carbocycles. The van der Waals surface area contributed by atoms with Crippen molar-refractivity contribution in [3.8, 4) is 5.75 Å². The molecule has 2 N–H and O–H groups in total. The van der Waals surface area contributed by atoms with E-state index in [1.807, 2.05) is 6.92 Å². The van der Waals surface area contributed by atoms with Crippen molar-refractivity contribution >= 4 is 29.2 Å². The molecule has 1 fully saturated rings. The Morgan fingerprint density at radius 1 is 1.00 bits per heavy atom. The fourth-order valence-corrected chi connectivity index (χ4v) is 2.90. The van der Waals surface area contributed by atoms with Gasteiger partial charge in [0.1, 0.15) is 5.75 Å². The zero-order valence-corrected chi connectivity index (χ0v) is 16.7. The molecule has 8 nitrogen and oxygen atoms in total. The van der Waals surface area contributed by atoms with Crippen molar-refractivity contribution < 1.29 is 28.6 Å². The van der Waals surface area contributed by atoms with Crippen molar-refractivity contribution in [3.05, 3.63) is 54.1 Å². The average Bonchev–Trinajstić information content (AvgIpc) is 3.29. The average molecular weight is 412 g/mol. The van der Waals surface area contributed by atoms with E-state index in [1.165, 1.54) is 0 Å². The van der Waals surface area contributed by atoms with Gasteiger partial charge in [-0.05, 0) is 68.3 Å². The van der Waals surface area contributed by atoms with E-state index in [1.54, 1.807) is 48.5 Å². The van der Waals surface area contributed by atoms with Gasteiger partial charge < -0.3 is 24.8 Å². The molecule has 0 aromatic heterocycles. The van der Waals surface area contributed by atoms with Gasteiger partial charge in [0.15, 0.2) is 12.7 Å². The lowest BCUT2D eigenvalue weighted by Gasteiger charge is -2.10. The zero-order chi connectivity index (χ0) is 21.3. The van der Waals surface area contributed by atoms with E-state index in [-0.39, 0.29) is 5.91 Å². The number of carbonyl (C=O) groups is 3. The molecule has 158 valence electrons. The Kier molecular flexibility index (Phi) is 7.40. The highest BCUT2D eigenvalue weighted by molar-refractivity contribution is 6.04. The summed E-state index contributed by atoms with van der Waals surface area (Å²) in [5, 5.41) is 5.42. The summed E-state index contributed by atoms with van der Waals surface area (Å²) in [6, 6.07) is 13.5. The summed E-state index contributed by atoms with van der Waals surface area (Å²) in [7, 11) is 0. The Balaban J connectivity index is 1.47. The third kappa shape index (κ3) is 6.05. The summed E-state index contributed by atoms with van der Waals surface area (Å²) < 4.78 is 15.5. The molecule has 3 rings (SSSR count). The highest BCUT2D eigenvalue weighted by atomic mass is 16.6. The Morgan fingerprint density at radius 2 is 1.67 bits per heavy atom. The summed E-state index contributed by atoms with van der Waals surface area (Å²) in [4.78, 5) is 36.1. The molecule has 1 atom stereocenters. The van der Waals surface area contributed by atoms with Gasteiger partial charge in [-0.15, -0.1) is 0 Å². The Labute approximate surface area is 174 Å². The molecule has 1 saturated heterocycles. The van der Waals surface area contributed by atoms with Crippen LogP contribution in [0, 0.1) is 0 Å². The molecule has 1 aliphatic rings. The second-order valence-electron chi connectivity index (χ2n) is 6.65.